The van der Waals surface area contributed by atoms with E-state index in [4.69, 9.17) is 29.2 Å². The van der Waals surface area contributed by atoms with Gasteiger partial charge in [0, 0.05) is 31.7 Å². The van der Waals surface area contributed by atoms with Gasteiger partial charge in [-0.15, -0.1) is 0 Å². The van der Waals surface area contributed by atoms with Gasteiger partial charge in [-0.3, -0.25) is 0 Å². The molecule has 0 aliphatic carbocycles. The molecule has 0 bridgehead atoms. The summed E-state index contributed by atoms with van der Waals surface area (Å²) in [5.41, 5.74) is 3.83. The Morgan fingerprint density at radius 2 is 1.74 bits per heavy atom. The van der Waals surface area contributed by atoms with Crippen molar-refractivity contribution in [3.05, 3.63) is 35.9 Å². The van der Waals surface area contributed by atoms with E-state index in [1.54, 1.807) is 7.11 Å². The molecule has 0 N–H and O–H groups in total. The van der Waals surface area contributed by atoms with Crippen molar-refractivity contribution in [2.75, 3.05) is 56.3 Å². The Hall–Kier alpha value is -2.97. The van der Waals surface area contributed by atoms with Gasteiger partial charge in [-0.05, 0) is 56.2 Å². The van der Waals surface area contributed by atoms with Crippen molar-refractivity contribution >= 4 is 22.8 Å². The summed E-state index contributed by atoms with van der Waals surface area (Å²) in [6.45, 7) is 10.9. The number of methoxy groups -OCH3 is 1. The van der Waals surface area contributed by atoms with Crippen molar-refractivity contribution < 1.29 is 14.2 Å². The van der Waals surface area contributed by atoms with Gasteiger partial charge >= 0.3 is 0 Å². The number of ether oxygens (including phenoxy) is 3. The fourth-order valence-corrected chi connectivity index (χ4v) is 4.86. The number of rotatable bonds is 5. The number of hydrogen-bond donors (Lipinski definition) is 0. The molecule has 2 fully saturated rings. The lowest BCUT2D eigenvalue weighted by molar-refractivity contribution is -0.00570. The topological polar surface area (TPSA) is 72.8 Å². The molecule has 8 nitrogen and oxygen atoms in total. The van der Waals surface area contributed by atoms with Gasteiger partial charge in [-0.2, -0.15) is 9.97 Å². The molecule has 2 atom stereocenters. The van der Waals surface area contributed by atoms with E-state index < -0.39 is 0 Å². The molecular weight excluding hydrogens is 430 g/mol. The maximum Gasteiger partial charge on any atom is 0.229 e. The third-order valence-corrected chi connectivity index (χ3v) is 6.50. The molecule has 2 aliphatic heterocycles. The molecule has 34 heavy (non-hydrogen) atoms. The molecule has 3 aromatic rings. The summed E-state index contributed by atoms with van der Waals surface area (Å²) in [5.74, 6) is 2.55. The highest BCUT2D eigenvalue weighted by Crippen LogP contribution is 2.31. The zero-order valence-electron chi connectivity index (χ0n) is 20.5. The first-order valence-electron chi connectivity index (χ1n) is 12.1. The third kappa shape index (κ3) is 4.52. The van der Waals surface area contributed by atoms with Crippen LogP contribution >= 0.6 is 0 Å². The van der Waals surface area contributed by atoms with Gasteiger partial charge in [-0.25, -0.2) is 4.98 Å². The summed E-state index contributed by atoms with van der Waals surface area (Å²) in [6.07, 6.45) is 1.15. The van der Waals surface area contributed by atoms with Crippen LogP contribution < -0.4 is 14.5 Å². The summed E-state index contributed by atoms with van der Waals surface area (Å²) in [5, 5.41) is 0.966. The summed E-state index contributed by atoms with van der Waals surface area (Å²) in [6, 6.07) is 10.4. The molecule has 8 heteroatoms. The van der Waals surface area contributed by atoms with E-state index >= 15 is 0 Å². The van der Waals surface area contributed by atoms with Gasteiger partial charge in [-0.1, -0.05) is 6.92 Å². The van der Waals surface area contributed by atoms with E-state index in [9.17, 15) is 0 Å². The number of fused-ring (bicyclic) bond motifs is 1. The Bertz CT molecular complexity index is 1150. The van der Waals surface area contributed by atoms with Crippen molar-refractivity contribution in [1.29, 1.82) is 0 Å². The van der Waals surface area contributed by atoms with Gasteiger partial charge in [0.1, 0.15) is 11.6 Å². The van der Waals surface area contributed by atoms with Crippen molar-refractivity contribution in [1.82, 2.24) is 15.0 Å². The van der Waals surface area contributed by atoms with E-state index in [0.717, 1.165) is 66.4 Å². The van der Waals surface area contributed by atoms with Crippen molar-refractivity contribution in [3.63, 3.8) is 0 Å². The molecule has 1 aromatic carbocycles. The number of benzene rings is 1. The Labute approximate surface area is 200 Å². The summed E-state index contributed by atoms with van der Waals surface area (Å²) in [7, 11) is 1.71. The fourth-order valence-electron chi connectivity index (χ4n) is 4.86. The standard InChI is InChI=1S/C26H33N5O3/c1-5-19-14-20(6-9-23(19)32-4)22-8-7-21-24(27-22)28-26(31-15-17(2)34-18(3)16-31)29-25(21)30-10-12-33-13-11-30/h6-9,14,17-18H,5,10-13,15-16H2,1-4H3/t17-,18+. The van der Waals surface area contributed by atoms with E-state index in [1.807, 2.05) is 6.07 Å². The van der Waals surface area contributed by atoms with Crippen molar-refractivity contribution in [2.24, 2.45) is 0 Å². The Morgan fingerprint density at radius 1 is 0.971 bits per heavy atom. The van der Waals surface area contributed by atoms with E-state index in [2.05, 4.69) is 54.8 Å². The van der Waals surface area contributed by atoms with Gasteiger partial charge < -0.3 is 24.0 Å². The van der Waals surface area contributed by atoms with Crippen LogP contribution in [-0.2, 0) is 15.9 Å². The lowest BCUT2D eigenvalue weighted by Crippen LogP contribution is -2.46. The second-order valence-electron chi connectivity index (χ2n) is 9.06. The minimum Gasteiger partial charge on any atom is -0.496 e. The predicted octanol–water partition coefficient (Wildman–Crippen LogP) is 3.71. The van der Waals surface area contributed by atoms with Crippen LogP contribution in [0, 0.1) is 0 Å². The number of aromatic nitrogens is 3. The lowest BCUT2D eigenvalue weighted by atomic mass is 10.0. The van der Waals surface area contributed by atoms with Crippen molar-refractivity contribution in [2.45, 2.75) is 39.4 Å². The molecule has 0 spiro atoms. The zero-order chi connectivity index (χ0) is 23.7. The first-order valence-corrected chi connectivity index (χ1v) is 12.1. The normalized spacial score (nSPS) is 21.2. The molecule has 0 radical (unpaired) electrons. The molecule has 0 saturated carbocycles. The van der Waals surface area contributed by atoms with Crippen LogP contribution in [-0.4, -0.2) is 73.7 Å². The van der Waals surface area contributed by atoms with E-state index in [1.165, 1.54) is 0 Å². The number of nitrogens with zero attached hydrogens (tertiary/aromatic N) is 5. The minimum atomic E-state index is 0.126. The maximum absolute atomic E-state index is 5.94. The third-order valence-electron chi connectivity index (χ3n) is 6.50. The number of pyridine rings is 1. The van der Waals surface area contributed by atoms with Crippen LogP contribution in [0.3, 0.4) is 0 Å². The molecule has 2 saturated heterocycles. The highest BCUT2D eigenvalue weighted by atomic mass is 16.5. The van der Waals surface area contributed by atoms with E-state index in [-0.39, 0.29) is 12.2 Å². The highest BCUT2D eigenvalue weighted by Gasteiger charge is 2.26. The highest BCUT2D eigenvalue weighted by molar-refractivity contribution is 5.90. The first kappa shape index (κ1) is 22.8. The quantitative estimate of drug-likeness (QED) is 0.567. The first-order chi connectivity index (χ1) is 16.6. The molecule has 5 rings (SSSR count). The van der Waals surface area contributed by atoms with Crippen molar-refractivity contribution in [3.8, 4) is 17.0 Å². The number of hydrogen-bond acceptors (Lipinski definition) is 8. The summed E-state index contributed by atoms with van der Waals surface area (Å²) in [4.78, 5) is 19.5. The van der Waals surface area contributed by atoms with E-state index in [0.29, 0.717) is 24.8 Å². The van der Waals surface area contributed by atoms with Gasteiger partial charge in [0.05, 0.1) is 43.6 Å². The number of aryl methyl sites for hydroxylation is 1. The smallest absolute Gasteiger partial charge is 0.229 e. The second-order valence-corrected chi connectivity index (χ2v) is 9.06. The molecule has 2 aliphatic rings. The Balaban J connectivity index is 1.61. The van der Waals surface area contributed by atoms with Gasteiger partial charge in [0.2, 0.25) is 5.95 Å². The van der Waals surface area contributed by atoms with Crippen LogP contribution in [0.4, 0.5) is 11.8 Å². The van der Waals surface area contributed by atoms with Crippen LogP contribution in [0.1, 0.15) is 26.3 Å². The molecule has 180 valence electrons. The molecular formula is C26H33N5O3. The number of morpholine rings is 2. The van der Waals surface area contributed by atoms with Crippen LogP contribution in [0.15, 0.2) is 30.3 Å². The zero-order valence-corrected chi connectivity index (χ0v) is 20.5. The molecule has 4 heterocycles. The van der Waals surface area contributed by atoms with Crippen LogP contribution in [0.2, 0.25) is 0 Å². The minimum absolute atomic E-state index is 0.126. The second kappa shape index (κ2) is 9.72. The Kier molecular flexibility index (Phi) is 6.52. The number of anilines is 2. The summed E-state index contributed by atoms with van der Waals surface area (Å²) < 4.78 is 17.0. The predicted molar refractivity (Wildman–Crippen MR) is 134 cm³/mol. The average Bonchev–Trinajstić information content (AvgIpc) is 2.87. The fraction of sp³-hybridized carbons (Fsp3) is 0.500. The molecule has 0 amide bonds. The average molecular weight is 464 g/mol. The summed E-state index contributed by atoms with van der Waals surface area (Å²) >= 11 is 0. The SMILES string of the molecule is CCc1cc(-c2ccc3c(N4CCOCC4)nc(N4C[C@@H](C)O[C@@H](C)C4)nc3n2)ccc1OC. The van der Waals surface area contributed by atoms with Crippen LogP contribution in [0.5, 0.6) is 5.75 Å². The molecule has 2 aromatic heterocycles. The van der Waals surface area contributed by atoms with Gasteiger partial charge in [0.25, 0.3) is 0 Å². The van der Waals surface area contributed by atoms with Gasteiger partial charge in [0.15, 0.2) is 5.65 Å². The largest absolute Gasteiger partial charge is 0.496 e. The van der Waals surface area contributed by atoms with Crippen LogP contribution in [0.25, 0.3) is 22.3 Å². The molecule has 0 unspecified atom stereocenters. The maximum atomic E-state index is 5.94. The monoisotopic (exact) mass is 463 g/mol. The lowest BCUT2D eigenvalue weighted by Gasteiger charge is -2.36. The Morgan fingerprint density at radius 3 is 2.44 bits per heavy atom.